The Morgan fingerprint density at radius 1 is 1.31 bits per heavy atom. The predicted molar refractivity (Wildman–Crippen MR) is 141 cm³/mol. The molecule has 1 aromatic heterocycles. The van der Waals surface area contributed by atoms with Gasteiger partial charge in [0.1, 0.15) is 0 Å². The second-order valence-electron chi connectivity index (χ2n) is 10.6. The molecule has 7 nitrogen and oxygen atoms in total. The average molecular weight is 463 g/mol. The van der Waals surface area contributed by atoms with Crippen molar-refractivity contribution in [2.45, 2.75) is 51.5 Å². The van der Waals surface area contributed by atoms with Gasteiger partial charge in [0.2, 0.25) is 0 Å². The molecule has 0 spiro atoms. The number of amides is 1. The number of carbonyl (C=O) groups excluding carboxylic acids is 1. The molecule has 180 valence electrons. The number of nitrogens with zero attached hydrogens (tertiary/aromatic N) is 1. The molecule has 1 aromatic rings. The molecule has 1 aliphatic carbocycles. The topological polar surface area (TPSA) is 102 Å². The molecule has 1 aliphatic rings. The third kappa shape index (κ3) is 8.09. The molecular formula is C24H43N6OP. The van der Waals surface area contributed by atoms with E-state index in [4.69, 9.17) is 10.4 Å². The van der Waals surface area contributed by atoms with Gasteiger partial charge >= 0.3 is 158 Å². The van der Waals surface area contributed by atoms with E-state index in [9.17, 15) is 4.79 Å². The molecule has 2 atom stereocenters. The van der Waals surface area contributed by atoms with E-state index >= 15 is 0 Å². The van der Waals surface area contributed by atoms with Crippen molar-refractivity contribution in [3.63, 3.8) is 0 Å². The van der Waals surface area contributed by atoms with Gasteiger partial charge in [-0.1, -0.05) is 0 Å². The Hall–Kier alpha value is -2.14. The van der Waals surface area contributed by atoms with Gasteiger partial charge in [0.05, 0.1) is 0 Å². The number of pyridine rings is 1. The van der Waals surface area contributed by atoms with Crippen molar-refractivity contribution in [2.75, 3.05) is 50.5 Å². The third-order valence-electron chi connectivity index (χ3n) is 6.12. The van der Waals surface area contributed by atoms with Crippen LogP contribution in [0.1, 0.15) is 51.1 Å². The molecular weight excluding hydrogens is 419 g/mol. The van der Waals surface area contributed by atoms with Crippen LogP contribution in [0.4, 0.5) is 11.5 Å². The fourth-order valence-electron chi connectivity index (χ4n) is 4.01. The maximum absolute atomic E-state index is 12.5. The van der Waals surface area contributed by atoms with E-state index in [0.717, 1.165) is 42.7 Å². The Balaban J connectivity index is 2.03. The van der Waals surface area contributed by atoms with Gasteiger partial charge in [-0.25, -0.2) is 0 Å². The summed E-state index contributed by atoms with van der Waals surface area (Å²) in [5.74, 6) is 1.30. The number of nitrogens with one attached hydrogen (secondary N) is 5. The second kappa shape index (κ2) is 11.6. The van der Waals surface area contributed by atoms with Crippen LogP contribution in [0.15, 0.2) is 24.4 Å². The van der Waals surface area contributed by atoms with E-state index in [2.05, 4.69) is 67.2 Å². The van der Waals surface area contributed by atoms with Crippen molar-refractivity contribution >= 4 is 30.9 Å². The van der Waals surface area contributed by atoms with Gasteiger partial charge in [0, 0.05) is 12.8 Å². The minimum atomic E-state index is -1.20. The Kier molecular flexibility index (Phi) is 9.50. The molecule has 0 aromatic carbocycles. The summed E-state index contributed by atoms with van der Waals surface area (Å²) in [6.45, 7) is 12.1. The first-order valence-electron chi connectivity index (χ1n) is 11.7. The number of hydrogen-bond donors (Lipinski definition) is 5. The van der Waals surface area contributed by atoms with Gasteiger partial charge in [-0.3, -0.25) is 0 Å². The average Bonchev–Trinajstić information content (AvgIpc) is 2.73. The first kappa shape index (κ1) is 26.1. The van der Waals surface area contributed by atoms with Crippen LogP contribution >= 0.6 is 7.26 Å². The summed E-state index contributed by atoms with van der Waals surface area (Å²) in [4.78, 5) is 17.5. The molecule has 32 heavy (non-hydrogen) atoms. The molecule has 1 saturated carbocycles. The zero-order valence-corrected chi connectivity index (χ0v) is 21.6. The number of carbonyl (C=O) groups is 1. The van der Waals surface area contributed by atoms with Crippen LogP contribution in [-0.2, 0) is 4.79 Å². The van der Waals surface area contributed by atoms with Crippen molar-refractivity contribution in [1.82, 2.24) is 15.6 Å². The number of aromatic nitrogens is 1. The number of anilines is 2. The van der Waals surface area contributed by atoms with Crippen LogP contribution in [0, 0.1) is 10.8 Å². The van der Waals surface area contributed by atoms with E-state index in [-0.39, 0.29) is 17.4 Å². The van der Waals surface area contributed by atoms with Crippen LogP contribution < -0.4 is 21.3 Å². The minimum absolute atomic E-state index is 0.0599. The van der Waals surface area contributed by atoms with E-state index in [1.54, 1.807) is 12.3 Å². The van der Waals surface area contributed by atoms with Crippen molar-refractivity contribution in [2.24, 2.45) is 5.41 Å². The standard InChI is InChI=1S/C24H43N6OP/c1-24(2)12-10-18(16-21(24)30-22(31)11-15-27-14-7-13-25)19-8-9-20(23(26-3)29-19)28-17-32(4,5)6/h7-9,13-14,18,21,25,27-28,32H,10-12,15-17H2,1-6H3,(H,26,29)(H,30,31)/b14-7-,25-13?. The quantitative estimate of drug-likeness (QED) is 0.194. The van der Waals surface area contributed by atoms with Crippen LogP contribution in [0.5, 0.6) is 0 Å². The summed E-state index contributed by atoms with van der Waals surface area (Å²) in [7, 11) is 0.717. The van der Waals surface area contributed by atoms with E-state index in [0.29, 0.717) is 18.9 Å². The number of allylic oxidation sites excluding steroid dienone is 1. The third-order valence-corrected chi connectivity index (χ3v) is 7.36. The fraction of sp³-hybridized carbons (Fsp3) is 0.625. The zero-order valence-electron chi connectivity index (χ0n) is 20.6. The van der Waals surface area contributed by atoms with E-state index in [1.165, 1.54) is 6.21 Å². The van der Waals surface area contributed by atoms with Gasteiger partial charge in [0.25, 0.3) is 0 Å². The second-order valence-corrected chi connectivity index (χ2v) is 16.1. The van der Waals surface area contributed by atoms with Crippen molar-refractivity contribution in [3.8, 4) is 0 Å². The first-order valence-corrected chi connectivity index (χ1v) is 15.4. The first-order chi connectivity index (χ1) is 15.1. The van der Waals surface area contributed by atoms with E-state index < -0.39 is 7.26 Å². The summed E-state index contributed by atoms with van der Waals surface area (Å²) in [5.41, 5.74) is 2.22. The monoisotopic (exact) mass is 462 g/mol. The van der Waals surface area contributed by atoms with Crippen molar-refractivity contribution < 1.29 is 4.79 Å². The molecule has 0 bridgehead atoms. The van der Waals surface area contributed by atoms with Crippen LogP contribution in [0.25, 0.3) is 0 Å². The normalized spacial score (nSPS) is 21.1. The molecule has 0 radical (unpaired) electrons. The summed E-state index contributed by atoms with van der Waals surface area (Å²) >= 11 is 0. The summed E-state index contributed by atoms with van der Waals surface area (Å²) in [6, 6.07) is 4.42. The van der Waals surface area contributed by atoms with Crippen molar-refractivity contribution in [3.05, 3.63) is 30.1 Å². The number of hydrogen-bond acceptors (Lipinski definition) is 6. The van der Waals surface area contributed by atoms with Crippen LogP contribution in [0.3, 0.4) is 0 Å². The predicted octanol–water partition coefficient (Wildman–Crippen LogP) is 4.05. The van der Waals surface area contributed by atoms with Gasteiger partial charge in [0.15, 0.2) is 0 Å². The van der Waals surface area contributed by atoms with Gasteiger partial charge in [-0.2, -0.15) is 0 Å². The summed E-state index contributed by atoms with van der Waals surface area (Å²) in [6.07, 6.45) is 8.96. The van der Waals surface area contributed by atoms with E-state index in [1.807, 2.05) is 7.05 Å². The molecule has 8 heteroatoms. The Labute approximate surface area is 194 Å². The van der Waals surface area contributed by atoms with Crippen molar-refractivity contribution in [1.29, 1.82) is 5.41 Å². The molecule has 2 rings (SSSR count). The summed E-state index contributed by atoms with van der Waals surface area (Å²) in [5, 5.41) is 20.1. The molecule has 0 saturated heterocycles. The zero-order chi connectivity index (χ0) is 23.8. The molecule has 1 heterocycles. The van der Waals surface area contributed by atoms with Crippen LogP contribution in [0.2, 0.25) is 0 Å². The SMILES string of the molecule is CNc1nc(C2CCC(C)(C)C(NC(=O)CCN/C=C\C=N)C2)ccc1NC[PH](C)(C)C. The van der Waals surface area contributed by atoms with Crippen LogP contribution in [-0.4, -0.2) is 63.0 Å². The molecule has 0 aliphatic heterocycles. The molecule has 1 amide bonds. The van der Waals surface area contributed by atoms with Gasteiger partial charge in [-0.15, -0.1) is 0 Å². The maximum atomic E-state index is 12.5. The Morgan fingerprint density at radius 3 is 2.72 bits per heavy atom. The molecule has 2 unspecified atom stereocenters. The molecule has 1 fully saturated rings. The number of rotatable bonds is 11. The van der Waals surface area contributed by atoms with Gasteiger partial charge < -0.3 is 10.7 Å². The Morgan fingerprint density at radius 2 is 2.06 bits per heavy atom. The summed E-state index contributed by atoms with van der Waals surface area (Å²) < 4.78 is 0. The molecule has 5 N–H and O–H groups in total. The fourth-order valence-corrected chi connectivity index (χ4v) is 4.73. The Bertz CT molecular complexity index is 802. The van der Waals surface area contributed by atoms with Gasteiger partial charge in [-0.05, 0) is 12.3 Å².